The van der Waals surface area contributed by atoms with E-state index in [4.69, 9.17) is 4.74 Å². The van der Waals surface area contributed by atoms with Gasteiger partial charge in [0.2, 0.25) is 0 Å². The van der Waals surface area contributed by atoms with Crippen LogP contribution in [0.2, 0.25) is 0 Å². The lowest BCUT2D eigenvalue weighted by molar-refractivity contribution is 0.0514. The second kappa shape index (κ2) is 10.8. The fourth-order valence-electron chi connectivity index (χ4n) is 4.57. The van der Waals surface area contributed by atoms with E-state index >= 15 is 0 Å². The Balaban J connectivity index is 1.47. The third-order valence-electron chi connectivity index (χ3n) is 6.51. The topological polar surface area (TPSA) is 48.9 Å². The number of hydrogen-bond acceptors (Lipinski definition) is 3. The average Bonchev–Trinajstić information content (AvgIpc) is 2.76. The van der Waals surface area contributed by atoms with Gasteiger partial charge in [-0.1, -0.05) is 36.8 Å². The maximum absolute atomic E-state index is 5.65. The molecule has 5 nitrogen and oxygen atoms in total. The van der Waals surface area contributed by atoms with Crippen LogP contribution in [0.4, 0.5) is 0 Å². The minimum Gasteiger partial charge on any atom is -0.381 e. The van der Waals surface area contributed by atoms with E-state index in [9.17, 15) is 0 Å². The first-order valence-electron chi connectivity index (χ1n) is 11.1. The van der Waals surface area contributed by atoms with Gasteiger partial charge in [0.15, 0.2) is 5.96 Å². The molecule has 0 saturated carbocycles. The van der Waals surface area contributed by atoms with Crippen LogP contribution >= 0.6 is 0 Å². The van der Waals surface area contributed by atoms with Crippen molar-refractivity contribution in [2.24, 2.45) is 4.99 Å². The van der Waals surface area contributed by atoms with Crippen LogP contribution in [0.1, 0.15) is 51.0 Å². The number of hydrogen-bond donors (Lipinski definition) is 2. The number of nitrogens with one attached hydrogen (secondary N) is 2. The molecule has 0 bridgehead atoms. The number of benzene rings is 1. The largest absolute Gasteiger partial charge is 0.381 e. The van der Waals surface area contributed by atoms with Gasteiger partial charge in [0.05, 0.1) is 0 Å². The van der Waals surface area contributed by atoms with Crippen LogP contribution in [0, 0.1) is 0 Å². The summed E-state index contributed by atoms with van der Waals surface area (Å²) in [6.07, 6.45) is 7.35. The maximum atomic E-state index is 5.65. The molecule has 1 atom stereocenters. The van der Waals surface area contributed by atoms with Crippen LogP contribution in [-0.2, 0) is 10.2 Å². The molecule has 2 saturated heterocycles. The van der Waals surface area contributed by atoms with Crippen molar-refractivity contribution in [2.45, 2.75) is 56.9 Å². The monoisotopic (exact) mass is 386 g/mol. The summed E-state index contributed by atoms with van der Waals surface area (Å²) in [5, 5.41) is 7.11. The van der Waals surface area contributed by atoms with Crippen molar-refractivity contribution in [1.82, 2.24) is 15.5 Å². The zero-order valence-electron chi connectivity index (χ0n) is 17.8. The van der Waals surface area contributed by atoms with Crippen molar-refractivity contribution in [3.05, 3.63) is 35.9 Å². The highest BCUT2D eigenvalue weighted by Crippen LogP contribution is 2.34. The smallest absolute Gasteiger partial charge is 0.191 e. The van der Waals surface area contributed by atoms with Gasteiger partial charge in [-0.15, -0.1) is 0 Å². The van der Waals surface area contributed by atoms with Crippen molar-refractivity contribution >= 4 is 5.96 Å². The number of rotatable bonds is 7. The molecule has 28 heavy (non-hydrogen) atoms. The quantitative estimate of drug-likeness (QED) is 0.429. The second-order valence-corrected chi connectivity index (χ2v) is 8.35. The van der Waals surface area contributed by atoms with Gasteiger partial charge >= 0.3 is 0 Å². The average molecular weight is 387 g/mol. The van der Waals surface area contributed by atoms with Gasteiger partial charge in [-0.25, -0.2) is 0 Å². The molecule has 2 N–H and O–H groups in total. The SMILES string of the molecule is CN=C(NCCCN1CCCCC1C)NCC1(c2ccccc2)CCOCC1. The van der Waals surface area contributed by atoms with E-state index in [0.29, 0.717) is 0 Å². The molecule has 0 spiro atoms. The van der Waals surface area contributed by atoms with Gasteiger partial charge < -0.3 is 20.3 Å². The Bertz CT molecular complexity index is 598. The standard InChI is InChI=1S/C23H38N4O/c1-20-9-6-7-15-27(20)16-8-14-25-22(24-2)26-19-23(12-17-28-18-13-23)21-10-4-3-5-11-21/h3-5,10-11,20H,6-9,12-19H2,1-2H3,(H2,24,25,26). The summed E-state index contributed by atoms with van der Waals surface area (Å²) in [5.74, 6) is 0.911. The van der Waals surface area contributed by atoms with Crippen molar-refractivity contribution in [2.75, 3.05) is 46.4 Å². The molecule has 2 aliphatic rings. The molecule has 1 unspecified atom stereocenters. The highest BCUT2D eigenvalue weighted by Gasteiger charge is 2.34. The lowest BCUT2D eigenvalue weighted by atomic mass is 9.74. The zero-order chi connectivity index (χ0) is 19.7. The number of piperidine rings is 1. The molecule has 5 heteroatoms. The molecule has 2 fully saturated rings. The Morgan fingerprint density at radius 1 is 1.18 bits per heavy atom. The first kappa shape index (κ1) is 21.1. The van der Waals surface area contributed by atoms with Crippen molar-refractivity contribution in [1.29, 1.82) is 0 Å². The Hall–Kier alpha value is -1.59. The molecule has 3 rings (SSSR count). The zero-order valence-corrected chi connectivity index (χ0v) is 17.8. The molecule has 2 aliphatic heterocycles. The van der Waals surface area contributed by atoms with Gasteiger partial charge in [-0.3, -0.25) is 4.99 Å². The Labute approximate surface area is 170 Å². The Kier molecular flexibility index (Phi) is 8.16. The molecule has 156 valence electrons. The van der Waals surface area contributed by atoms with Crippen LogP contribution in [0.3, 0.4) is 0 Å². The van der Waals surface area contributed by atoms with Gasteiger partial charge in [-0.2, -0.15) is 0 Å². The molecule has 0 amide bonds. The predicted molar refractivity (Wildman–Crippen MR) is 117 cm³/mol. The highest BCUT2D eigenvalue weighted by atomic mass is 16.5. The van der Waals surface area contributed by atoms with E-state index in [2.05, 4.69) is 57.8 Å². The number of likely N-dealkylation sites (tertiary alicyclic amines) is 1. The van der Waals surface area contributed by atoms with E-state index in [-0.39, 0.29) is 5.41 Å². The van der Waals surface area contributed by atoms with Crippen LogP contribution in [0.15, 0.2) is 35.3 Å². The molecule has 1 aromatic rings. The fraction of sp³-hybridized carbons (Fsp3) is 0.696. The summed E-state index contributed by atoms with van der Waals surface area (Å²) in [6.45, 7) is 8.32. The van der Waals surface area contributed by atoms with E-state index in [0.717, 1.165) is 57.6 Å². The molecule has 0 aromatic heterocycles. The fourth-order valence-corrected chi connectivity index (χ4v) is 4.57. The maximum Gasteiger partial charge on any atom is 0.191 e. The van der Waals surface area contributed by atoms with Crippen molar-refractivity contribution in [3.63, 3.8) is 0 Å². The molecule has 0 radical (unpaired) electrons. The third kappa shape index (κ3) is 5.71. The summed E-state index contributed by atoms with van der Waals surface area (Å²) < 4.78 is 5.65. The number of aliphatic imine (C=N–C) groups is 1. The van der Waals surface area contributed by atoms with Gasteiger partial charge in [0.25, 0.3) is 0 Å². The summed E-state index contributed by atoms with van der Waals surface area (Å²) in [5.41, 5.74) is 1.53. The highest BCUT2D eigenvalue weighted by molar-refractivity contribution is 5.79. The first-order chi connectivity index (χ1) is 13.7. The predicted octanol–water partition coefficient (Wildman–Crippen LogP) is 3.16. The lowest BCUT2D eigenvalue weighted by Gasteiger charge is -2.38. The minimum atomic E-state index is 0.125. The summed E-state index contributed by atoms with van der Waals surface area (Å²) in [6, 6.07) is 11.6. The Morgan fingerprint density at radius 3 is 2.68 bits per heavy atom. The summed E-state index contributed by atoms with van der Waals surface area (Å²) >= 11 is 0. The van der Waals surface area contributed by atoms with E-state index in [1.807, 2.05) is 7.05 Å². The molecule has 2 heterocycles. The molecule has 1 aromatic carbocycles. The Morgan fingerprint density at radius 2 is 1.96 bits per heavy atom. The van der Waals surface area contributed by atoms with Gasteiger partial charge in [-0.05, 0) is 51.1 Å². The van der Waals surface area contributed by atoms with E-state index in [1.54, 1.807) is 0 Å². The van der Waals surface area contributed by atoms with Crippen molar-refractivity contribution in [3.8, 4) is 0 Å². The van der Waals surface area contributed by atoms with Crippen LogP contribution in [0.25, 0.3) is 0 Å². The van der Waals surface area contributed by atoms with E-state index in [1.165, 1.54) is 37.9 Å². The number of ether oxygens (including phenoxy) is 1. The van der Waals surface area contributed by atoms with Crippen LogP contribution in [-0.4, -0.2) is 63.3 Å². The minimum absolute atomic E-state index is 0.125. The second-order valence-electron chi connectivity index (χ2n) is 8.35. The van der Waals surface area contributed by atoms with Gasteiger partial charge in [0, 0.05) is 51.4 Å². The molecular weight excluding hydrogens is 348 g/mol. The van der Waals surface area contributed by atoms with Gasteiger partial charge in [0.1, 0.15) is 0 Å². The normalized spacial score (nSPS) is 23.4. The molecule has 0 aliphatic carbocycles. The number of guanidine groups is 1. The summed E-state index contributed by atoms with van der Waals surface area (Å²) in [4.78, 5) is 7.08. The van der Waals surface area contributed by atoms with Crippen LogP contribution in [0.5, 0.6) is 0 Å². The molecular formula is C23H38N4O. The number of nitrogens with zero attached hydrogens (tertiary/aromatic N) is 2. The summed E-state index contributed by atoms with van der Waals surface area (Å²) in [7, 11) is 1.86. The first-order valence-corrected chi connectivity index (χ1v) is 11.1. The van der Waals surface area contributed by atoms with Crippen molar-refractivity contribution < 1.29 is 4.74 Å². The third-order valence-corrected chi connectivity index (χ3v) is 6.51. The lowest BCUT2D eigenvalue weighted by Crippen LogP contribution is -2.48. The van der Waals surface area contributed by atoms with Crippen LogP contribution < -0.4 is 10.6 Å². The van der Waals surface area contributed by atoms with E-state index < -0.39 is 0 Å².